The molecule has 0 aliphatic heterocycles. The second-order valence-corrected chi connectivity index (χ2v) is 5.42. The summed E-state index contributed by atoms with van der Waals surface area (Å²) < 4.78 is 1.10. The van der Waals surface area contributed by atoms with E-state index in [4.69, 9.17) is 0 Å². The normalized spacial score (nSPS) is 10.2. The lowest BCUT2D eigenvalue weighted by molar-refractivity contribution is 1.14. The maximum atomic E-state index is 3.53. The average Bonchev–Trinajstić information content (AvgIpc) is 2.38. The van der Waals surface area contributed by atoms with Crippen molar-refractivity contribution >= 4 is 33.4 Å². The fourth-order valence-corrected chi connectivity index (χ4v) is 2.38. The zero-order chi connectivity index (χ0) is 12.1. The summed E-state index contributed by atoms with van der Waals surface area (Å²) in [6.07, 6.45) is 2.09. The fourth-order valence-electron chi connectivity index (χ4n) is 1.55. The minimum Gasteiger partial charge on any atom is -0.380 e. The molecule has 0 spiro atoms. The molecule has 0 aliphatic carbocycles. The van der Waals surface area contributed by atoms with Gasteiger partial charge in [-0.25, -0.2) is 0 Å². The molecule has 0 radical (unpaired) electrons. The van der Waals surface area contributed by atoms with Crippen LogP contribution in [-0.4, -0.2) is 6.26 Å². The number of para-hydroxylation sites is 1. The van der Waals surface area contributed by atoms with Gasteiger partial charge in [0.25, 0.3) is 0 Å². The Hall–Kier alpha value is -0.930. The second kappa shape index (κ2) is 6.12. The molecule has 2 rings (SSSR count). The van der Waals surface area contributed by atoms with Crippen LogP contribution in [0, 0.1) is 0 Å². The van der Waals surface area contributed by atoms with E-state index in [0.29, 0.717) is 0 Å². The highest BCUT2D eigenvalue weighted by atomic mass is 79.9. The molecule has 0 saturated carbocycles. The smallest absolute Gasteiger partial charge is 0.0487 e. The first kappa shape index (κ1) is 12.5. The van der Waals surface area contributed by atoms with Crippen LogP contribution < -0.4 is 5.32 Å². The average molecular weight is 308 g/mol. The number of hydrogen-bond acceptors (Lipinski definition) is 2. The van der Waals surface area contributed by atoms with Gasteiger partial charge >= 0.3 is 0 Å². The molecule has 17 heavy (non-hydrogen) atoms. The molecule has 0 fully saturated rings. The second-order valence-electron chi connectivity index (χ2n) is 3.68. The highest BCUT2D eigenvalue weighted by Gasteiger charge is 1.98. The molecule has 0 bridgehead atoms. The maximum absolute atomic E-state index is 3.53. The Kier molecular flexibility index (Phi) is 4.51. The minimum absolute atomic E-state index is 0.845. The summed E-state index contributed by atoms with van der Waals surface area (Å²) in [6, 6.07) is 16.8. The van der Waals surface area contributed by atoms with E-state index in [0.717, 1.165) is 16.7 Å². The number of rotatable bonds is 4. The van der Waals surface area contributed by atoms with Gasteiger partial charge in [0.2, 0.25) is 0 Å². The Bertz CT molecular complexity index is 482. The molecule has 1 N–H and O–H groups in total. The lowest BCUT2D eigenvalue weighted by atomic mass is 10.2. The molecule has 88 valence electrons. The first-order chi connectivity index (χ1) is 8.29. The molecular weight excluding hydrogens is 294 g/mol. The summed E-state index contributed by atoms with van der Waals surface area (Å²) in [4.78, 5) is 1.30. The van der Waals surface area contributed by atoms with Crippen molar-refractivity contribution in [3.05, 3.63) is 58.6 Å². The maximum Gasteiger partial charge on any atom is 0.0487 e. The number of hydrogen-bond donors (Lipinski definition) is 1. The third-order valence-electron chi connectivity index (χ3n) is 2.52. The Morgan fingerprint density at radius 3 is 2.41 bits per heavy atom. The predicted molar refractivity (Wildman–Crippen MR) is 79.7 cm³/mol. The van der Waals surface area contributed by atoms with Gasteiger partial charge in [-0.05, 0) is 52.0 Å². The van der Waals surface area contributed by atoms with E-state index in [1.54, 1.807) is 11.8 Å². The van der Waals surface area contributed by atoms with E-state index < -0.39 is 0 Å². The topological polar surface area (TPSA) is 12.0 Å². The highest BCUT2D eigenvalue weighted by molar-refractivity contribution is 9.10. The van der Waals surface area contributed by atoms with Crippen LogP contribution in [-0.2, 0) is 6.54 Å². The van der Waals surface area contributed by atoms with Crippen LogP contribution in [0.5, 0.6) is 0 Å². The summed E-state index contributed by atoms with van der Waals surface area (Å²) in [5.74, 6) is 0. The summed E-state index contributed by atoms with van der Waals surface area (Å²) in [6.45, 7) is 0.845. The summed E-state index contributed by atoms with van der Waals surface area (Å²) in [5, 5.41) is 3.41. The molecule has 0 heterocycles. The Labute approximate surface area is 115 Å². The van der Waals surface area contributed by atoms with Crippen LogP contribution in [0.1, 0.15) is 5.56 Å². The van der Waals surface area contributed by atoms with E-state index in [1.165, 1.54) is 10.5 Å². The SMILES string of the molecule is CSc1ccc(CNc2ccccc2Br)cc1. The number of anilines is 1. The zero-order valence-corrected chi connectivity index (χ0v) is 12.0. The van der Waals surface area contributed by atoms with Crippen molar-refractivity contribution in [2.24, 2.45) is 0 Å². The third kappa shape index (κ3) is 3.51. The molecule has 0 atom stereocenters. The lowest BCUT2D eigenvalue weighted by Crippen LogP contribution is -1.99. The van der Waals surface area contributed by atoms with Gasteiger partial charge in [-0.1, -0.05) is 24.3 Å². The minimum atomic E-state index is 0.845. The molecule has 1 nitrogen and oxygen atoms in total. The number of benzene rings is 2. The largest absolute Gasteiger partial charge is 0.380 e. The van der Waals surface area contributed by atoms with Crippen molar-refractivity contribution in [3.8, 4) is 0 Å². The Morgan fingerprint density at radius 2 is 1.76 bits per heavy atom. The Balaban J connectivity index is 2.00. The first-order valence-electron chi connectivity index (χ1n) is 5.41. The third-order valence-corrected chi connectivity index (χ3v) is 3.95. The van der Waals surface area contributed by atoms with E-state index in [1.807, 2.05) is 18.2 Å². The Morgan fingerprint density at radius 1 is 1.06 bits per heavy atom. The van der Waals surface area contributed by atoms with Crippen molar-refractivity contribution < 1.29 is 0 Å². The van der Waals surface area contributed by atoms with Crippen molar-refractivity contribution in [1.82, 2.24) is 0 Å². The summed E-state index contributed by atoms with van der Waals surface area (Å²) in [5.41, 5.74) is 2.42. The van der Waals surface area contributed by atoms with Crippen molar-refractivity contribution in [2.75, 3.05) is 11.6 Å². The van der Waals surface area contributed by atoms with Gasteiger partial charge in [0, 0.05) is 21.6 Å². The van der Waals surface area contributed by atoms with Gasteiger partial charge in [-0.3, -0.25) is 0 Å². The molecule has 0 aliphatic rings. The van der Waals surface area contributed by atoms with Crippen LogP contribution in [0.25, 0.3) is 0 Å². The first-order valence-corrected chi connectivity index (χ1v) is 7.42. The molecule has 2 aromatic carbocycles. The van der Waals surface area contributed by atoms with Crippen LogP contribution in [0.4, 0.5) is 5.69 Å². The van der Waals surface area contributed by atoms with Gasteiger partial charge in [0.05, 0.1) is 0 Å². The van der Waals surface area contributed by atoms with E-state index in [9.17, 15) is 0 Å². The molecular formula is C14H14BrNS. The van der Waals surface area contributed by atoms with Gasteiger partial charge in [-0.15, -0.1) is 11.8 Å². The van der Waals surface area contributed by atoms with Gasteiger partial charge in [0.15, 0.2) is 0 Å². The van der Waals surface area contributed by atoms with Crippen molar-refractivity contribution in [1.29, 1.82) is 0 Å². The monoisotopic (exact) mass is 307 g/mol. The highest BCUT2D eigenvalue weighted by Crippen LogP contribution is 2.22. The van der Waals surface area contributed by atoms with Crippen LogP contribution in [0.15, 0.2) is 57.9 Å². The fraction of sp³-hybridized carbons (Fsp3) is 0.143. The molecule has 0 aromatic heterocycles. The summed E-state index contributed by atoms with van der Waals surface area (Å²) in [7, 11) is 0. The molecule has 0 amide bonds. The summed E-state index contributed by atoms with van der Waals surface area (Å²) >= 11 is 5.29. The van der Waals surface area contributed by atoms with Gasteiger partial charge < -0.3 is 5.32 Å². The van der Waals surface area contributed by atoms with Crippen molar-refractivity contribution in [3.63, 3.8) is 0 Å². The van der Waals surface area contributed by atoms with E-state index in [-0.39, 0.29) is 0 Å². The zero-order valence-electron chi connectivity index (χ0n) is 9.61. The van der Waals surface area contributed by atoms with Gasteiger partial charge in [0.1, 0.15) is 0 Å². The van der Waals surface area contributed by atoms with Gasteiger partial charge in [-0.2, -0.15) is 0 Å². The predicted octanol–water partition coefficient (Wildman–Crippen LogP) is 4.78. The van der Waals surface area contributed by atoms with Crippen LogP contribution >= 0.6 is 27.7 Å². The quantitative estimate of drug-likeness (QED) is 0.816. The van der Waals surface area contributed by atoms with E-state index in [2.05, 4.69) is 57.8 Å². The molecule has 3 heteroatoms. The molecule has 0 unspecified atom stereocenters. The number of halogens is 1. The molecule has 0 saturated heterocycles. The van der Waals surface area contributed by atoms with Crippen LogP contribution in [0.3, 0.4) is 0 Å². The number of nitrogens with one attached hydrogen (secondary N) is 1. The van der Waals surface area contributed by atoms with Crippen molar-refractivity contribution in [2.45, 2.75) is 11.4 Å². The number of thioether (sulfide) groups is 1. The standard InChI is InChI=1S/C14H14BrNS/c1-17-12-8-6-11(7-9-12)10-16-14-5-3-2-4-13(14)15/h2-9,16H,10H2,1H3. The molecule has 2 aromatic rings. The van der Waals surface area contributed by atoms with E-state index >= 15 is 0 Å². The lowest BCUT2D eigenvalue weighted by Gasteiger charge is -2.08. The van der Waals surface area contributed by atoms with Crippen LogP contribution in [0.2, 0.25) is 0 Å².